The molecule has 1 fully saturated rings. The molecule has 0 aromatic heterocycles. The summed E-state index contributed by atoms with van der Waals surface area (Å²) in [6.07, 6.45) is 1.90. The van der Waals surface area contributed by atoms with Gasteiger partial charge in [-0.1, -0.05) is 0 Å². The second kappa shape index (κ2) is 7.37. The molecule has 9 heteroatoms. The van der Waals surface area contributed by atoms with Crippen LogP contribution in [0.25, 0.3) is 0 Å². The average molecular weight is 352 g/mol. The number of benzene rings is 1. The Hall–Kier alpha value is -2.84. The lowest BCUT2D eigenvalue weighted by Gasteiger charge is -2.27. The quantitative estimate of drug-likeness (QED) is 0.367. The van der Waals surface area contributed by atoms with Gasteiger partial charge >= 0.3 is 11.7 Å². The van der Waals surface area contributed by atoms with Crippen molar-refractivity contribution in [1.29, 1.82) is 0 Å². The van der Waals surface area contributed by atoms with Gasteiger partial charge in [0.15, 0.2) is 5.75 Å². The molecule has 1 aromatic rings. The number of carbonyl (C=O) groups is 2. The number of phenols is 2. The maximum atomic E-state index is 12.8. The molecule has 0 bridgehead atoms. The first-order chi connectivity index (χ1) is 11.7. The van der Waals surface area contributed by atoms with Gasteiger partial charge in [-0.05, 0) is 39.2 Å². The van der Waals surface area contributed by atoms with E-state index >= 15 is 0 Å². The Kier molecular flexibility index (Phi) is 5.45. The number of hydrogen-bond acceptors (Lipinski definition) is 7. The zero-order valence-corrected chi connectivity index (χ0v) is 14.0. The van der Waals surface area contributed by atoms with Crippen molar-refractivity contribution in [3.05, 3.63) is 27.3 Å². The number of hydrogen-bond donors (Lipinski definition) is 2. The summed E-state index contributed by atoms with van der Waals surface area (Å²) < 4.78 is 5.02. The van der Waals surface area contributed by atoms with Gasteiger partial charge in [0.25, 0.3) is 5.91 Å². The van der Waals surface area contributed by atoms with Gasteiger partial charge in [-0.15, -0.1) is 0 Å². The molecule has 0 spiro atoms. The average Bonchev–Trinajstić information content (AvgIpc) is 2.55. The van der Waals surface area contributed by atoms with E-state index in [1.807, 2.05) is 0 Å². The molecule has 1 aromatic carbocycles. The molecule has 25 heavy (non-hydrogen) atoms. The third-order valence-electron chi connectivity index (χ3n) is 3.86. The smallest absolute Gasteiger partial charge is 0.339 e. The second-order valence-corrected chi connectivity index (χ2v) is 6.08. The van der Waals surface area contributed by atoms with E-state index < -0.39 is 51.2 Å². The highest BCUT2D eigenvalue weighted by Gasteiger charge is 2.36. The van der Waals surface area contributed by atoms with Crippen LogP contribution < -0.4 is 0 Å². The van der Waals surface area contributed by atoms with Crippen molar-refractivity contribution in [3.8, 4) is 11.5 Å². The van der Waals surface area contributed by atoms with Crippen molar-refractivity contribution in [3.63, 3.8) is 0 Å². The number of amides is 1. The van der Waals surface area contributed by atoms with Gasteiger partial charge in [-0.2, -0.15) is 0 Å². The van der Waals surface area contributed by atoms with Crippen molar-refractivity contribution < 1.29 is 29.5 Å². The molecule has 0 radical (unpaired) electrons. The third-order valence-corrected chi connectivity index (χ3v) is 3.86. The summed E-state index contributed by atoms with van der Waals surface area (Å²) >= 11 is 0. The lowest BCUT2D eigenvalue weighted by atomic mass is 10.0. The summed E-state index contributed by atoms with van der Waals surface area (Å²) in [5.41, 5.74) is -1.99. The van der Waals surface area contributed by atoms with Gasteiger partial charge in [0.1, 0.15) is 5.56 Å². The molecule has 1 saturated heterocycles. The van der Waals surface area contributed by atoms with Crippen molar-refractivity contribution in [2.75, 3.05) is 13.1 Å². The number of nitro groups is 1. The first kappa shape index (κ1) is 18.5. The van der Waals surface area contributed by atoms with Crippen molar-refractivity contribution in [2.45, 2.75) is 39.2 Å². The topological polar surface area (TPSA) is 130 Å². The highest BCUT2D eigenvalue weighted by Crippen LogP contribution is 2.41. The van der Waals surface area contributed by atoms with E-state index in [2.05, 4.69) is 0 Å². The van der Waals surface area contributed by atoms with Crippen LogP contribution in [-0.2, 0) is 4.74 Å². The minimum Gasteiger partial charge on any atom is -0.504 e. The summed E-state index contributed by atoms with van der Waals surface area (Å²) in [7, 11) is 0. The van der Waals surface area contributed by atoms with Gasteiger partial charge < -0.3 is 19.8 Å². The summed E-state index contributed by atoms with van der Waals surface area (Å²) in [6.45, 7) is 3.96. The number of carbonyl (C=O) groups excluding carboxylic acids is 2. The van der Waals surface area contributed by atoms with Crippen LogP contribution in [0.15, 0.2) is 6.07 Å². The van der Waals surface area contributed by atoms with Crippen LogP contribution in [0, 0.1) is 10.1 Å². The minimum absolute atomic E-state index is 0.399. The standard InChI is InChI=1S/C16H20N2O7/c1-9(2)25-16(22)10-8-11(19)14(20)13(18(23)24)12(10)15(21)17-6-4-3-5-7-17/h8-9,19-20H,3-7H2,1-2H3. The summed E-state index contributed by atoms with van der Waals surface area (Å²) in [4.78, 5) is 36.9. The molecule has 1 aliphatic rings. The number of phenolic OH excluding ortho intramolecular Hbond substituents is 2. The molecular formula is C16H20N2O7. The minimum atomic E-state index is -1.05. The van der Waals surface area contributed by atoms with E-state index in [0.29, 0.717) is 13.1 Å². The van der Waals surface area contributed by atoms with E-state index in [0.717, 1.165) is 25.3 Å². The summed E-state index contributed by atoms with van der Waals surface area (Å²) in [5, 5.41) is 31.0. The van der Waals surface area contributed by atoms with E-state index in [-0.39, 0.29) is 0 Å². The Bertz CT molecular complexity index is 709. The Morgan fingerprint density at radius 1 is 1.24 bits per heavy atom. The predicted molar refractivity (Wildman–Crippen MR) is 86.7 cm³/mol. The Morgan fingerprint density at radius 3 is 2.36 bits per heavy atom. The molecule has 0 saturated carbocycles. The number of nitrogens with zero attached hydrogens (tertiary/aromatic N) is 2. The van der Waals surface area contributed by atoms with Crippen molar-refractivity contribution in [1.82, 2.24) is 4.90 Å². The molecule has 1 heterocycles. The van der Waals surface area contributed by atoms with Crippen LogP contribution in [0.2, 0.25) is 0 Å². The molecule has 9 nitrogen and oxygen atoms in total. The highest BCUT2D eigenvalue weighted by atomic mass is 16.6. The number of likely N-dealkylation sites (tertiary alicyclic amines) is 1. The zero-order chi connectivity index (χ0) is 18.7. The summed E-state index contributed by atoms with van der Waals surface area (Å²) in [6, 6.07) is 0.824. The molecule has 1 aliphatic heterocycles. The highest BCUT2D eigenvalue weighted by molar-refractivity contribution is 6.09. The number of rotatable bonds is 4. The molecule has 136 valence electrons. The number of aromatic hydroxyl groups is 2. The van der Waals surface area contributed by atoms with E-state index in [9.17, 15) is 29.9 Å². The molecule has 2 N–H and O–H groups in total. The fraction of sp³-hybridized carbons (Fsp3) is 0.500. The Morgan fingerprint density at radius 2 is 1.84 bits per heavy atom. The van der Waals surface area contributed by atoms with Gasteiger partial charge in [0.05, 0.1) is 16.6 Å². The van der Waals surface area contributed by atoms with Crippen molar-refractivity contribution in [2.24, 2.45) is 0 Å². The molecule has 1 amide bonds. The Balaban J connectivity index is 2.63. The zero-order valence-electron chi connectivity index (χ0n) is 14.0. The summed E-state index contributed by atoms with van der Waals surface area (Å²) in [5.74, 6) is -3.63. The second-order valence-electron chi connectivity index (χ2n) is 6.08. The number of esters is 1. The maximum absolute atomic E-state index is 12.8. The maximum Gasteiger partial charge on any atom is 0.339 e. The van der Waals surface area contributed by atoms with Crippen LogP contribution in [0.1, 0.15) is 53.8 Å². The first-order valence-electron chi connectivity index (χ1n) is 7.97. The lowest BCUT2D eigenvalue weighted by Crippen LogP contribution is -2.37. The van der Waals surface area contributed by atoms with Gasteiger partial charge in [0, 0.05) is 13.1 Å². The third kappa shape index (κ3) is 3.81. The molecule has 0 atom stereocenters. The van der Waals surface area contributed by atoms with Gasteiger partial charge in [0.2, 0.25) is 5.75 Å². The molecule has 2 rings (SSSR count). The van der Waals surface area contributed by atoms with Crippen molar-refractivity contribution >= 4 is 17.6 Å². The van der Waals surface area contributed by atoms with Crippen LogP contribution in [-0.4, -0.2) is 51.1 Å². The molecule has 0 unspecified atom stereocenters. The van der Waals surface area contributed by atoms with E-state index in [4.69, 9.17) is 4.74 Å². The number of ether oxygens (including phenoxy) is 1. The van der Waals surface area contributed by atoms with Crippen LogP contribution in [0.3, 0.4) is 0 Å². The largest absolute Gasteiger partial charge is 0.504 e. The normalized spacial score (nSPS) is 14.4. The first-order valence-corrected chi connectivity index (χ1v) is 7.97. The fourth-order valence-electron chi connectivity index (χ4n) is 2.73. The Labute approximate surface area is 144 Å². The van der Waals surface area contributed by atoms with Crippen LogP contribution in [0.5, 0.6) is 11.5 Å². The van der Waals surface area contributed by atoms with Gasteiger partial charge in [-0.3, -0.25) is 14.9 Å². The van der Waals surface area contributed by atoms with Crippen LogP contribution >= 0.6 is 0 Å². The van der Waals surface area contributed by atoms with Gasteiger partial charge in [-0.25, -0.2) is 4.79 Å². The van der Waals surface area contributed by atoms with Crippen LogP contribution in [0.4, 0.5) is 5.69 Å². The fourth-order valence-corrected chi connectivity index (χ4v) is 2.73. The predicted octanol–water partition coefficient (Wildman–Crippen LogP) is 2.20. The lowest BCUT2D eigenvalue weighted by molar-refractivity contribution is -0.386. The number of piperidine rings is 1. The van der Waals surface area contributed by atoms with E-state index in [1.54, 1.807) is 13.8 Å². The SMILES string of the molecule is CC(C)OC(=O)c1cc(O)c(O)c([N+](=O)[O-])c1C(=O)N1CCCCC1. The monoisotopic (exact) mass is 352 g/mol. The number of nitro benzene ring substituents is 1. The van der Waals surface area contributed by atoms with E-state index in [1.165, 1.54) is 4.90 Å². The molecular weight excluding hydrogens is 332 g/mol. The molecule has 0 aliphatic carbocycles.